The van der Waals surface area contributed by atoms with Crippen LogP contribution in [-0.4, -0.2) is 16.1 Å². The molecule has 0 unspecified atom stereocenters. The van der Waals surface area contributed by atoms with Crippen LogP contribution in [0.3, 0.4) is 0 Å². The van der Waals surface area contributed by atoms with Crippen LogP contribution in [0, 0.1) is 0 Å². The average molecular weight is 306 g/mol. The van der Waals surface area contributed by atoms with Crippen molar-refractivity contribution in [1.29, 1.82) is 0 Å². The van der Waals surface area contributed by atoms with Crippen molar-refractivity contribution in [2.45, 2.75) is 6.54 Å². The first-order chi connectivity index (χ1) is 9.70. The summed E-state index contributed by atoms with van der Waals surface area (Å²) in [6.07, 6.45) is 0. The smallest absolute Gasteiger partial charge is 0.141 e. The molecular weight excluding hydrogens is 293 g/mol. The number of imidazole rings is 1. The second kappa shape index (κ2) is 5.44. The molecule has 3 nitrogen and oxygen atoms in total. The molecular formula is C15H13Cl2N3. The number of halogens is 2. The van der Waals surface area contributed by atoms with Crippen LogP contribution in [0.2, 0.25) is 10.0 Å². The number of fused-ring (bicyclic) bond motifs is 1. The average Bonchev–Trinajstić information content (AvgIpc) is 2.79. The van der Waals surface area contributed by atoms with Gasteiger partial charge < -0.3 is 10.3 Å². The molecule has 102 valence electrons. The van der Waals surface area contributed by atoms with E-state index in [0.717, 1.165) is 22.4 Å². The summed E-state index contributed by atoms with van der Waals surface area (Å²) in [6.45, 7) is 1.21. The van der Waals surface area contributed by atoms with E-state index in [0.29, 0.717) is 23.1 Å². The molecule has 20 heavy (non-hydrogen) atoms. The molecule has 3 aromatic rings. The van der Waals surface area contributed by atoms with Gasteiger partial charge >= 0.3 is 0 Å². The van der Waals surface area contributed by atoms with Crippen LogP contribution in [0.15, 0.2) is 42.5 Å². The lowest BCUT2D eigenvalue weighted by atomic mass is 10.2. The van der Waals surface area contributed by atoms with Gasteiger partial charge in [-0.15, -0.1) is 0 Å². The van der Waals surface area contributed by atoms with E-state index < -0.39 is 0 Å². The van der Waals surface area contributed by atoms with Crippen LogP contribution in [0.5, 0.6) is 0 Å². The summed E-state index contributed by atoms with van der Waals surface area (Å²) in [6, 6.07) is 13.6. The molecule has 2 aromatic carbocycles. The van der Waals surface area contributed by atoms with Gasteiger partial charge in [-0.2, -0.15) is 0 Å². The first-order valence-corrected chi connectivity index (χ1v) is 7.07. The van der Waals surface area contributed by atoms with Gasteiger partial charge in [0.25, 0.3) is 0 Å². The third-order valence-electron chi connectivity index (χ3n) is 3.17. The number of aromatic nitrogens is 2. The summed E-state index contributed by atoms with van der Waals surface area (Å²) < 4.78 is 2.08. The van der Waals surface area contributed by atoms with Crippen molar-refractivity contribution in [3.63, 3.8) is 0 Å². The largest absolute Gasteiger partial charge is 0.329 e. The summed E-state index contributed by atoms with van der Waals surface area (Å²) in [5.41, 5.74) is 8.54. The Morgan fingerprint density at radius 2 is 1.75 bits per heavy atom. The maximum atomic E-state index is 6.11. The quantitative estimate of drug-likeness (QED) is 0.795. The third-order valence-corrected chi connectivity index (χ3v) is 3.90. The molecule has 0 aliphatic carbocycles. The van der Waals surface area contributed by atoms with Crippen molar-refractivity contribution < 1.29 is 0 Å². The SMILES string of the molecule is NCCn1c(-c2ccccc2)nc2cc(Cl)c(Cl)cc21. The van der Waals surface area contributed by atoms with Crippen molar-refractivity contribution in [3.8, 4) is 11.4 Å². The van der Waals surface area contributed by atoms with Crippen LogP contribution in [-0.2, 0) is 6.54 Å². The minimum absolute atomic E-state index is 0.510. The van der Waals surface area contributed by atoms with E-state index in [1.54, 1.807) is 6.07 Å². The number of nitrogens with two attached hydrogens (primary N) is 1. The molecule has 0 saturated carbocycles. The Bertz CT molecular complexity index is 751. The summed E-state index contributed by atoms with van der Waals surface area (Å²) in [5, 5.41) is 1.04. The van der Waals surface area contributed by atoms with E-state index in [-0.39, 0.29) is 0 Å². The molecule has 2 N–H and O–H groups in total. The Morgan fingerprint density at radius 3 is 2.45 bits per heavy atom. The normalized spacial score (nSPS) is 11.2. The van der Waals surface area contributed by atoms with Crippen LogP contribution in [0.1, 0.15) is 0 Å². The van der Waals surface area contributed by atoms with Crippen LogP contribution < -0.4 is 5.73 Å². The lowest BCUT2D eigenvalue weighted by Gasteiger charge is -2.07. The fourth-order valence-electron chi connectivity index (χ4n) is 2.28. The molecule has 1 aromatic heterocycles. The first kappa shape index (κ1) is 13.4. The molecule has 5 heteroatoms. The Labute approximate surface area is 126 Å². The van der Waals surface area contributed by atoms with E-state index in [4.69, 9.17) is 28.9 Å². The summed E-state index contributed by atoms with van der Waals surface area (Å²) in [4.78, 5) is 4.67. The lowest BCUT2D eigenvalue weighted by Crippen LogP contribution is -2.10. The van der Waals surface area contributed by atoms with Crippen LogP contribution in [0.4, 0.5) is 0 Å². The highest BCUT2D eigenvalue weighted by Gasteiger charge is 2.13. The maximum absolute atomic E-state index is 6.11. The molecule has 0 amide bonds. The van der Waals surface area contributed by atoms with E-state index in [1.807, 2.05) is 36.4 Å². The number of hydrogen-bond acceptors (Lipinski definition) is 2. The highest BCUT2D eigenvalue weighted by Crippen LogP contribution is 2.31. The second-order valence-corrected chi connectivity index (χ2v) is 5.31. The highest BCUT2D eigenvalue weighted by atomic mass is 35.5. The fourth-order valence-corrected chi connectivity index (χ4v) is 2.60. The highest BCUT2D eigenvalue weighted by molar-refractivity contribution is 6.42. The van der Waals surface area contributed by atoms with Gasteiger partial charge in [-0.25, -0.2) is 4.98 Å². The van der Waals surface area contributed by atoms with Crippen molar-refractivity contribution in [1.82, 2.24) is 9.55 Å². The molecule has 0 bridgehead atoms. The van der Waals surface area contributed by atoms with Crippen molar-refractivity contribution >= 4 is 34.2 Å². The molecule has 3 rings (SSSR count). The molecule has 1 heterocycles. The number of rotatable bonds is 3. The molecule has 0 fully saturated rings. The summed E-state index contributed by atoms with van der Waals surface area (Å²) in [7, 11) is 0. The lowest BCUT2D eigenvalue weighted by molar-refractivity contribution is 0.735. The predicted molar refractivity (Wildman–Crippen MR) is 84.2 cm³/mol. The van der Waals surface area contributed by atoms with Crippen molar-refractivity contribution in [2.24, 2.45) is 5.73 Å². The zero-order valence-electron chi connectivity index (χ0n) is 10.7. The Hall–Kier alpha value is -1.55. The molecule has 0 aliphatic rings. The van der Waals surface area contributed by atoms with Crippen LogP contribution in [0.25, 0.3) is 22.4 Å². The van der Waals surface area contributed by atoms with E-state index in [2.05, 4.69) is 9.55 Å². The zero-order valence-corrected chi connectivity index (χ0v) is 12.2. The monoisotopic (exact) mass is 305 g/mol. The van der Waals surface area contributed by atoms with Crippen LogP contribution >= 0.6 is 23.2 Å². The van der Waals surface area contributed by atoms with Gasteiger partial charge in [-0.3, -0.25) is 0 Å². The van der Waals surface area contributed by atoms with E-state index in [1.165, 1.54) is 0 Å². The molecule has 0 aliphatic heterocycles. The third kappa shape index (κ3) is 2.29. The van der Waals surface area contributed by atoms with Gasteiger partial charge in [0.1, 0.15) is 5.82 Å². The van der Waals surface area contributed by atoms with E-state index >= 15 is 0 Å². The molecule has 0 radical (unpaired) electrons. The summed E-state index contributed by atoms with van der Waals surface area (Å²) in [5.74, 6) is 0.879. The second-order valence-electron chi connectivity index (χ2n) is 4.50. The topological polar surface area (TPSA) is 43.8 Å². The van der Waals surface area contributed by atoms with Gasteiger partial charge in [0, 0.05) is 18.7 Å². The van der Waals surface area contributed by atoms with Gasteiger partial charge in [0.15, 0.2) is 0 Å². The van der Waals surface area contributed by atoms with Gasteiger partial charge in [0.2, 0.25) is 0 Å². The standard InChI is InChI=1S/C15H13Cl2N3/c16-11-8-13-14(9-12(11)17)20(7-6-18)15(19-13)10-4-2-1-3-5-10/h1-5,8-9H,6-7,18H2. The Kier molecular flexibility index (Phi) is 3.66. The fraction of sp³-hybridized carbons (Fsp3) is 0.133. The zero-order chi connectivity index (χ0) is 14.1. The molecule has 0 spiro atoms. The number of hydrogen-bond donors (Lipinski definition) is 1. The van der Waals surface area contributed by atoms with E-state index in [9.17, 15) is 0 Å². The van der Waals surface area contributed by atoms with Gasteiger partial charge in [0.05, 0.1) is 21.1 Å². The number of benzene rings is 2. The number of nitrogens with zero attached hydrogens (tertiary/aromatic N) is 2. The Balaban J connectivity index is 2.28. The Morgan fingerprint density at radius 1 is 1.05 bits per heavy atom. The van der Waals surface area contributed by atoms with Crippen molar-refractivity contribution in [3.05, 3.63) is 52.5 Å². The van der Waals surface area contributed by atoms with Gasteiger partial charge in [-0.05, 0) is 12.1 Å². The van der Waals surface area contributed by atoms with Gasteiger partial charge in [-0.1, -0.05) is 53.5 Å². The van der Waals surface area contributed by atoms with Crippen molar-refractivity contribution in [2.75, 3.05) is 6.54 Å². The molecule has 0 saturated heterocycles. The molecule has 0 atom stereocenters. The minimum Gasteiger partial charge on any atom is -0.329 e. The first-order valence-electron chi connectivity index (χ1n) is 6.31. The summed E-state index contributed by atoms with van der Waals surface area (Å²) >= 11 is 12.2. The maximum Gasteiger partial charge on any atom is 0.141 e. The minimum atomic E-state index is 0.510. The predicted octanol–water partition coefficient (Wildman–Crippen LogP) is 3.97.